The monoisotopic (exact) mass is 254 g/mol. The maximum absolute atomic E-state index is 10.9. The molecule has 0 bridgehead atoms. The predicted octanol–water partition coefficient (Wildman–Crippen LogP) is 3.79. The van der Waals surface area contributed by atoms with Crippen LogP contribution in [0.1, 0.15) is 24.5 Å². The minimum absolute atomic E-state index is 0.226. The van der Waals surface area contributed by atoms with Gasteiger partial charge in [0.25, 0.3) is 0 Å². The topological polar surface area (TPSA) is 26.3 Å². The summed E-state index contributed by atoms with van der Waals surface area (Å²) in [4.78, 5) is 10.9. The van der Waals surface area contributed by atoms with Gasteiger partial charge in [-0.15, -0.1) is 0 Å². The van der Waals surface area contributed by atoms with E-state index in [9.17, 15) is 4.79 Å². The van der Waals surface area contributed by atoms with E-state index in [-0.39, 0.29) is 5.78 Å². The fourth-order valence-electron chi connectivity index (χ4n) is 1.81. The number of Topliss-reactive ketones (excluding diaryl/α,β-unsaturated/α-hetero) is 1. The van der Waals surface area contributed by atoms with Gasteiger partial charge in [0.05, 0.1) is 0 Å². The summed E-state index contributed by atoms with van der Waals surface area (Å²) in [6.45, 7) is 2.20. The minimum Gasteiger partial charge on any atom is -0.489 e. The second-order valence-corrected chi connectivity index (χ2v) is 4.62. The van der Waals surface area contributed by atoms with Crippen LogP contribution in [0.3, 0.4) is 0 Å². The van der Waals surface area contributed by atoms with Crippen molar-refractivity contribution in [3.63, 3.8) is 0 Å². The highest BCUT2D eigenvalue weighted by molar-refractivity contribution is 5.75. The summed E-state index contributed by atoms with van der Waals surface area (Å²) >= 11 is 0. The predicted molar refractivity (Wildman–Crippen MR) is 76.2 cm³/mol. The van der Waals surface area contributed by atoms with Crippen molar-refractivity contribution in [2.45, 2.75) is 26.4 Å². The lowest BCUT2D eigenvalue weighted by molar-refractivity contribution is -0.116. The lowest BCUT2D eigenvalue weighted by Gasteiger charge is -2.07. The van der Waals surface area contributed by atoms with E-state index >= 15 is 0 Å². The van der Waals surface area contributed by atoms with Gasteiger partial charge in [-0.2, -0.15) is 0 Å². The first-order chi connectivity index (χ1) is 9.24. The molecule has 0 amide bonds. The van der Waals surface area contributed by atoms with E-state index in [0.717, 1.165) is 17.7 Å². The van der Waals surface area contributed by atoms with Crippen molar-refractivity contribution in [1.29, 1.82) is 0 Å². The number of ether oxygens (including phenoxy) is 1. The number of aryl methyl sites for hydroxylation is 1. The molecule has 19 heavy (non-hydrogen) atoms. The van der Waals surface area contributed by atoms with Crippen LogP contribution in [0.2, 0.25) is 0 Å². The average Bonchev–Trinajstić information content (AvgIpc) is 2.45. The lowest BCUT2D eigenvalue weighted by Crippen LogP contribution is -1.96. The molecule has 0 aliphatic rings. The zero-order valence-corrected chi connectivity index (χ0v) is 11.1. The van der Waals surface area contributed by atoms with E-state index < -0.39 is 0 Å². The van der Waals surface area contributed by atoms with E-state index in [4.69, 9.17) is 4.74 Å². The molecule has 0 saturated heterocycles. The molecule has 0 spiro atoms. The zero-order chi connectivity index (χ0) is 13.5. The Morgan fingerprint density at radius 1 is 0.947 bits per heavy atom. The third kappa shape index (κ3) is 4.59. The molecule has 0 heterocycles. The molecular formula is C17H18O2. The third-order valence-corrected chi connectivity index (χ3v) is 2.94. The van der Waals surface area contributed by atoms with Gasteiger partial charge in [0, 0.05) is 6.42 Å². The van der Waals surface area contributed by atoms with Crippen LogP contribution in [0.5, 0.6) is 5.75 Å². The number of carbonyl (C=O) groups is 1. The van der Waals surface area contributed by atoms with Crippen LogP contribution in [0, 0.1) is 0 Å². The Morgan fingerprint density at radius 2 is 1.63 bits per heavy atom. The molecule has 0 saturated carbocycles. The quantitative estimate of drug-likeness (QED) is 0.784. The summed E-state index contributed by atoms with van der Waals surface area (Å²) in [6.07, 6.45) is 1.40. The fraction of sp³-hybridized carbons (Fsp3) is 0.235. The summed E-state index contributed by atoms with van der Waals surface area (Å²) in [6, 6.07) is 18.0. The molecule has 2 heteroatoms. The van der Waals surface area contributed by atoms with Crippen molar-refractivity contribution in [2.75, 3.05) is 0 Å². The number of hydrogen-bond donors (Lipinski definition) is 0. The van der Waals surface area contributed by atoms with E-state index in [1.165, 1.54) is 5.56 Å². The molecule has 0 N–H and O–H groups in total. The standard InChI is InChI=1S/C17H18O2/c1-14(18)7-8-15-9-11-17(12-10-15)19-13-16-5-3-2-4-6-16/h2-6,9-12H,7-8,13H2,1H3. The SMILES string of the molecule is CC(=O)CCc1ccc(OCc2ccccc2)cc1. The van der Waals surface area contributed by atoms with Crippen molar-refractivity contribution < 1.29 is 9.53 Å². The van der Waals surface area contributed by atoms with Crippen LogP contribution in [0.15, 0.2) is 54.6 Å². The smallest absolute Gasteiger partial charge is 0.130 e. The molecule has 0 aliphatic heterocycles. The van der Waals surface area contributed by atoms with Gasteiger partial charge in [0.1, 0.15) is 18.1 Å². The second kappa shape index (κ2) is 6.74. The van der Waals surface area contributed by atoms with Crippen LogP contribution >= 0.6 is 0 Å². The molecule has 2 aromatic rings. The molecular weight excluding hydrogens is 236 g/mol. The normalized spacial score (nSPS) is 10.2. The van der Waals surface area contributed by atoms with E-state index in [1.54, 1.807) is 6.92 Å². The van der Waals surface area contributed by atoms with Gasteiger partial charge in [0.15, 0.2) is 0 Å². The average molecular weight is 254 g/mol. The van der Waals surface area contributed by atoms with Crippen LogP contribution in [-0.2, 0) is 17.8 Å². The van der Waals surface area contributed by atoms with Crippen molar-refractivity contribution in [2.24, 2.45) is 0 Å². The highest BCUT2D eigenvalue weighted by Gasteiger charge is 1.99. The first-order valence-electron chi connectivity index (χ1n) is 6.49. The summed E-state index contributed by atoms with van der Waals surface area (Å²) < 4.78 is 5.71. The summed E-state index contributed by atoms with van der Waals surface area (Å²) in [7, 11) is 0. The Balaban J connectivity index is 1.86. The number of carbonyl (C=O) groups excluding carboxylic acids is 1. The molecule has 0 fully saturated rings. The van der Waals surface area contributed by atoms with E-state index in [1.807, 2.05) is 54.6 Å². The summed E-state index contributed by atoms with van der Waals surface area (Å²) in [5.41, 5.74) is 2.32. The minimum atomic E-state index is 0.226. The molecule has 0 atom stereocenters. The van der Waals surface area contributed by atoms with Crippen molar-refractivity contribution in [3.8, 4) is 5.75 Å². The van der Waals surface area contributed by atoms with Crippen molar-refractivity contribution >= 4 is 5.78 Å². The van der Waals surface area contributed by atoms with Gasteiger partial charge >= 0.3 is 0 Å². The lowest BCUT2D eigenvalue weighted by atomic mass is 10.1. The van der Waals surface area contributed by atoms with Gasteiger partial charge in [-0.3, -0.25) is 0 Å². The molecule has 0 aliphatic carbocycles. The van der Waals surface area contributed by atoms with Gasteiger partial charge in [-0.1, -0.05) is 42.5 Å². The Labute approximate surface area is 114 Å². The number of rotatable bonds is 6. The largest absolute Gasteiger partial charge is 0.489 e. The van der Waals surface area contributed by atoms with Crippen molar-refractivity contribution in [1.82, 2.24) is 0 Å². The molecule has 0 unspecified atom stereocenters. The number of benzene rings is 2. The van der Waals surface area contributed by atoms with Crippen LogP contribution in [-0.4, -0.2) is 5.78 Å². The summed E-state index contributed by atoms with van der Waals surface area (Å²) in [5.74, 6) is 1.08. The van der Waals surface area contributed by atoms with Gasteiger partial charge in [-0.25, -0.2) is 0 Å². The van der Waals surface area contributed by atoms with Gasteiger partial charge in [0.2, 0.25) is 0 Å². The molecule has 2 nitrogen and oxygen atoms in total. The molecule has 0 aromatic heterocycles. The Bertz CT molecular complexity index is 515. The van der Waals surface area contributed by atoms with Crippen molar-refractivity contribution in [3.05, 3.63) is 65.7 Å². The van der Waals surface area contributed by atoms with Crippen LogP contribution in [0.25, 0.3) is 0 Å². The van der Waals surface area contributed by atoms with Gasteiger partial charge in [-0.05, 0) is 36.6 Å². The molecule has 98 valence electrons. The fourth-order valence-corrected chi connectivity index (χ4v) is 1.81. The van der Waals surface area contributed by atoms with E-state index in [2.05, 4.69) is 0 Å². The second-order valence-electron chi connectivity index (χ2n) is 4.62. The molecule has 2 aromatic carbocycles. The Morgan fingerprint density at radius 3 is 2.26 bits per heavy atom. The maximum Gasteiger partial charge on any atom is 0.130 e. The molecule has 2 rings (SSSR count). The summed E-state index contributed by atoms with van der Waals surface area (Å²) in [5, 5.41) is 0. The molecule has 0 radical (unpaired) electrons. The Hall–Kier alpha value is -2.09. The van der Waals surface area contributed by atoms with Crippen LogP contribution in [0.4, 0.5) is 0 Å². The van der Waals surface area contributed by atoms with Gasteiger partial charge < -0.3 is 9.53 Å². The zero-order valence-electron chi connectivity index (χ0n) is 11.1. The third-order valence-electron chi connectivity index (χ3n) is 2.94. The highest BCUT2D eigenvalue weighted by Crippen LogP contribution is 2.15. The maximum atomic E-state index is 10.9. The van der Waals surface area contributed by atoms with Crippen LogP contribution < -0.4 is 4.74 Å². The number of hydrogen-bond acceptors (Lipinski definition) is 2. The first kappa shape index (κ1) is 13.3. The highest BCUT2D eigenvalue weighted by atomic mass is 16.5. The number of ketones is 1. The Kier molecular flexibility index (Phi) is 4.73. The first-order valence-corrected chi connectivity index (χ1v) is 6.49. The van der Waals surface area contributed by atoms with E-state index in [0.29, 0.717) is 13.0 Å².